The Morgan fingerprint density at radius 1 is 1.20 bits per heavy atom. The maximum Gasteiger partial charge on any atom is 0.222 e. The van der Waals surface area contributed by atoms with E-state index in [1.807, 2.05) is 37.2 Å². The van der Waals surface area contributed by atoms with E-state index < -0.39 is 0 Å². The molecule has 1 heterocycles. The molecule has 2 rings (SSSR count). The Bertz CT molecular complexity index is 663. The van der Waals surface area contributed by atoms with Crippen molar-refractivity contribution in [3.63, 3.8) is 0 Å². The van der Waals surface area contributed by atoms with Gasteiger partial charge in [0.25, 0.3) is 0 Å². The topological polar surface area (TPSA) is 69.2 Å². The van der Waals surface area contributed by atoms with Crippen molar-refractivity contribution in [1.29, 1.82) is 0 Å². The molecule has 1 aliphatic heterocycles. The molecule has 0 radical (unpaired) electrons. The smallest absolute Gasteiger partial charge is 0.222 e. The molecule has 0 spiro atoms. The molecule has 1 aromatic carbocycles. The number of guanidine groups is 1. The highest BCUT2D eigenvalue weighted by molar-refractivity contribution is 5.79. The molecule has 0 saturated carbocycles. The monoisotopic (exact) mass is 417 g/mol. The fourth-order valence-electron chi connectivity index (χ4n) is 3.37. The van der Waals surface area contributed by atoms with Gasteiger partial charge in [0.2, 0.25) is 5.91 Å². The normalized spacial score (nSPS) is 15.3. The Kier molecular flexibility index (Phi) is 11.1. The fraction of sp³-hybridized carbons (Fsp3) is 0.652. The summed E-state index contributed by atoms with van der Waals surface area (Å²) in [7, 11) is 4.08. The number of hydrogen-bond donors (Lipinski definition) is 2. The zero-order chi connectivity index (χ0) is 21.6. The Morgan fingerprint density at radius 2 is 2.03 bits per heavy atom. The highest BCUT2D eigenvalue weighted by Crippen LogP contribution is 2.18. The van der Waals surface area contributed by atoms with Crippen molar-refractivity contribution in [3.8, 4) is 5.75 Å². The van der Waals surface area contributed by atoms with Crippen LogP contribution in [0.3, 0.4) is 0 Å². The van der Waals surface area contributed by atoms with Gasteiger partial charge in [-0.1, -0.05) is 24.6 Å². The third-order valence-corrected chi connectivity index (χ3v) is 5.09. The Morgan fingerprint density at radius 3 is 2.83 bits per heavy atom. The molecule has 0 aromatic heterocycles. The van der Waals surface area contributed by atoms with E-state index in [4.69, 9.17) is 9.73 Å². The summed E-state index contributed by atoms with van der Waals surface area (Å²) in [6.45, 7) is 7.45. The number of nitrogens with one attached hydrogen (secondary N) is 2. The largest absolute Gasteiger partial charge is 0.492 e. The summed E-state index contributed by atoms with van der Waals surface area (Å²) in [4.78, 5) is 20.9. The summed E-state index contributed by atoms with van der Waals surface area (Å²) in [5, 5.41) is 6.69. The molecule has 1 amide bonds. The second-order valence-electron chi connectivity index (χ2n) is 7.93. The van der Waals surface area contributed by atoms with E-state index in [2.05, 4.69) is 28.5 Å². The van der Waals surface area contributed by atoms with E-state index in [1.165, 1.54) is 0 Å². The first kappa shape index (κ1) is 24.0. The van der Waals surface area contributed by atoms with E-state index >= 15 is 0 Å². The molecule has 0 atom stereocenters. The number of rotatable bonds is 11. The summed E-state index contributed by atoms with van der Waals surface area (Å²) < 4.78 is 5.94. The Hall–Kier alpha value is -2.28. The van der Waals surface area contributed by atoms with Gasteiger partial charge in [0.05, 0.1) is 6.54 Å². The number of carbonyl (C=O) groups excluding carboxylic acids is 1. The molecule has 1 aliphatic rings. The van der Waals surface area contributed by atoms with Crippen LogP contribution >= 0.6 is 0 Å². The number of likely N-dealkylation sites (N-methyl/N-ethyl adjacent to an activating group) is 1. The van der Waals surface area contributed by atoms with Crippen molar-refractivity contribution < 1.29 is 9.53 Å². The molecule has 168 valence electrons. The van der Waals surface area contributed by atoms with Crippen molar-refractivity contribution >= 4 is 11.9 Å². The summed E-state index contributed by atoms with van der Waals surface area (Å²) in [5.41, 5.74) is 1.07. The average Bonchev–Trinajstić information content (AvgIpc) is 2.94. The summed E-state index contributed by atoms with van der Waals surface area (Å²) >= 11 is 0. The van der Waals surface area contributed by atoms with Crippen LogP contribution in [-0.2, 0) is 11.3 Å². The average molecular weight is 418 g/mol. The lowest BCUT2D eigenvalue weighted by molar-refractivity contribution is -0.130. The minimum atomic E-state index is 0.305. The van der Waals surface area contributed by atoms with Gasteiger partial charge in [-0.2, -0.15) is 0 Å². The Labute approximate surface area is 181 Å². The second-order valence-corrected chi connectivity index (χ2v) is 7.93. The van der Waals surface area contributed by atoms with Crippen molar-refractivity contribution in [2.24, 2.45) is 4.99 Å². The number of nitrogens with zero attached hydrogens (tertiary/aromatic N) is 3. The number of aliphatic imine (C=N–C) groups is 1. The van der Waals surface area contributed by atoms with Gasteiger partial charge in [-0.3, -0.25) is 4.79 Å². The van der Waals surface area contributed by atoms with Gasteiger partial charge in [0.1, 0.15) is 12.4 Å². The first-order valence-electron chi connectivity index (χ1n) is 11.3. The minimum Gasteiger partial charge on any atom is -0.492 e. The highest BCUT2D eigenvalue weighted by Gasteiger charge is 2.15. The zero-order valence-electron chi connectivity index (χ0n) is 19.0. The Balaban J connectivity index is 1.83. The number of hydrogen-bond acceptors (Lipinski definition) is 4. The van der Waals surface area contributed by atoms with Gasteiger partial charge in [-0.05, 0) is 46.3 Å². The number of ether oxygens (including phenoxy) is 1. The molecule has 1 saturated heterocycles. The summed E-state index contributed by atoms with van der Waals surface area (Å²) in [6.07, 6.45) is 4.94. The number of para-hydroxylation sites is 1. The highest BCUT2D eigenvalue weighted by atomic mass is 16.5. The molecule has 7 heteroatoms. The van der Waals surface area contributed by atoms with E-state index in [-0.39, 0.29) is 0 Å². The van der Waals surface area contributed by atoms with Gasteiger partial charge in [-0.25, -0.2) is 4.99 Å². The van der Waals surface area contributed by atoms with E-state index in [9.17, 15) is 4.79 Å². The first-order chi connectivity index (χ1) is 14.6. The van der Waals surface area contributed by atoms with Gasteiger partial charge < -0.3 is 25.2 Å². The van der Waals surface area contributed by atoms with Crippen molar-refractivity contribution in [1.82, 2.24) is 20.4 Å². The van der Waals surface area contributed by atoms with Crippen LogP contribution in [0, 0.1) is 0 Å². The third-order valence-electron chi connectivity index (χ3n) is 5.09. The van der Waals surface area contributed by atoms with Crippen LogP contribution in [0.5, 0.6) is 5.75 Å². The summed E-state index contributed by atoms with van der Waals surface area (Å²) in [5.74, 6) is 1.99. The number of benzene rings is 1. The fourth-order valence-corrected chi connectivity index (χ4v) is 3.37. The maximum atomic E-state index is 12.1. The van der Waals surface area contributed by atoms with Crippen LogP contribution in [0.25, 0.3) is 0 Å². The van der Waals surface area contributed by atoms with Gasteiger partial charge >= 0.3 is 0 Å². The molecule has 1 fully saturated rings. The van der Waals surface area contributed by atoms with Crippen LogP contribution in [0.1, 0.15) is 44.6 Å². The molecule has 0 unspecified atom stereocenters. The molecule has 1 aromatic rings. The van der Waals surface area contributed by atoms with Gasteiger partial charge in [0.15, 0.2) is 5.96 Å². The third kappa shape index (κ3) is 9.03. The first-order valence-corrected chi connectivity index (χ1v) is 11.3. The predicted octanol–water partition coefficient (Wildman–Crippen LogP) is 2.47. The van der Waals surface area contributed by atoms with Crippen LogP contribution in [-0.4, -0.2) is 75.1 Å². The van der Waals surface area contributed by atoms with Crippen molar-refractivity contribution in [2.45, 2.75) is 45.6 Å². The quantitative estimate of drug-likeness (QED) is 0.329. The summed E-state index contributed by atoms with van der Waals surface area (Å²) in [6, 6.07) is 8.07. The molecule has 0 aliphatic carbocycles. The predicted molar refractivity (Wildman–Crippen MR) is 123 cm³/mol. The lowest BCUT2D eigenvalue weighted by Crippen LogP contribution is -2.39. The van der Waals surface area contributed by atoms with Crippen LogP contribution in [0.4, 0.5) is 0 Å². The van der Waals surface area contributed by atoms with Crippen molar-refractivity contribution in [3.05, 3.63) is 29.8 Å². The van der Waals surface area contributed by atoms with E-state index in [0.29, 0.717) is 25.5 Å². The van der Waals surface area contributed by atoms with Crippen LogP contribution < -0.4 is 15.4 Å². The SMILES string of the molecule is CCNC(=NCc1ccccc1OCCN(C)C)NCCCN1CCCCCC1=O. The zero-order valence-corrected chi connectivity index (χ0v) is 19.0. The molecular weight excluding hydrogens is 378 g/mol. The standard InChI is InChI=1S/C23H39N5O2/c1-4-24-23(25-14-10-16-28-15-9-5-6-13-22(28)29)26-19-20-11-7-8-12-21(20)30-18-17-27(2)3/h7-8,11-12H,4-6,9-10,13-19H2,1-3H3,(H2,24,25,26). The lowest BCUT2D eigenvalue weighted by atomic mass is 10.2. The van der Waals surface area contributed by atoms with E-state index in [0.717, 1.165) is 75.7 Å². The van der Waals surface area contributed by atoms with Crippen molar-refractivity contribution in [2.75, 3.05) is 53.4 Å². The van der Waals surface area contributed by atoms with E-state index in [1.54, 1.807) is 0 Å². The number of amides is 1. The molecule has 2 N–H and O–H groups in total. The second kappa shape index (κ2) is 13.9. The van der Waals surface area contributed by atoms with Gasteiger partial charge in [-0.15, -0.1) is 0 Å². The molecule has 0 bridgehead atoms. The maximum absolute atomic E-state index is 12.1. The molecule has 7 nitrogen and oxygen atoms in total. The van der Waals surface area contributed by atoms with Crippen LogP contribution in [0.15, 0.2) is 29.3 Å². The lowest BCUT2D eigenvalue weighted by Gasteiger charge is -2.20. The number of likely N-dealkylation sites (tertiary alicyclic amines) is 1. The van der Waals surface area contributed by atoms with Crippen LogP contribution in [0.2, 0.25) is 0 Å². The van der Waals surface area contributed by atoms with Gasteiger partial charge in [0, 0.05) is 44.7 Å². The molecular formula is C23H39N5O2. The molecule has 30 heavy (non-hydrogen) atoms. The minimum absolute atomic E-state index is 0.305. The number of carbonyl (C=O) groups is 1.